The van der Waals surface area contributed by atoms with E-state index in [1.54, 1.807) is 56.3 Å². The molecule has 2 aliphatic heterocycles. The molecule has 140 valence electrons. The molecule has 0 aliphatic carbocycles. The molecule has 0 amide bonds. The predicted molar refractivity (Wildman–Crippen MR) is 102 cm³/mol. The molecule has 2 heterocycles. The van der Waals surface area contributed by atoms with Crippen LogP contribution in [0.15, 0.2) is 42.5 Å². The van der Waals surface area contributed by atoms with Gasteiger partial charge in [-0.05, 0) is 50.2 Å². The first-order valence-electron chi connectivity index (χ1n) is 8.82. The van der Waals surface area contributed by atoms with Crippen molar-refractivity contribution in [2.75, 3.05) is 5.73 Å². The van der Waals surface area contributed by atoms with E-state index in [0.29, 0.717) is 50.6 Å². The Bertz CT molecular complexity index is 1140. The molecule has 1 spiro atoms. The van der Waals surface area contributed by atoms with E-state index in [1.165, 1.54) is 0 Å². The van der Waals surface area contributed by atoms with Gasteiger partial charge in [-0.15, -0.1) is 0 Å². The van der Waals surface area contributed by atoms with Crippen LogP contribution in [0.1, 0.15) is 38.2 Å². The topological polar surface area (TPSA) is 102 Å². The van der Waals surface area contributed by atoms with Crippen molar-refractivity contribution in [3.63, 3.8) is 0 Å². The van der Waals surface area contributed by atoms with E-state index >= 15 is 0 Å². The van der Waals surface area contributed by atoms with Gasteiger partial charge in [0.15, 0.2) is 5.60 Å². The highest BCUT2D eigenvalue weighted by molar-refractivity contribution is 5.98. The lowest BCUT2D eigenvalue weighted by Gasteiger charge is -2.37. The molecule has 0 radical (unpaired) electrons. The summed E-state index contributed by atoms with van der Waals surface area (Å²) < 4.78 is 12.1. The van der Waals surface area contributed by atoms with Crippen molar-refractivity contribution in [1.29, 1.82) is 0 Å². The summed E-state index contributed by atoms with van der Waals surface area (Å²) in [5.74, 6) is 0.448. The zero-order chi connectivity index (χ0) is 19.8. The molecular formula is C22H17NO5. The summed E-state index contributed by atoms with van der Waals surface area (Å²) in [7, 11) is 0. The number of nitrogen functional groups attached to an aromatic ring is 1. The fraction of sp³-hybridized carbons (Fsp3) is 0.136. The third kappa shape index (κ3) is 1.84. The molecule has 5 rings (SSSR count). The molecule has 0 bridgehead atoms. The highest BCUT2D eigenvalue weighted by atomic mass is 16.6. The highest BCUT2D eigenvalue weighted by Gasteiger charge is 2.54. The SMILES string of the molecule is Cc1c(O)ccc2c1Oc1c(ccc(O)c1C)C21OC(=O)c2cc(N)ccc21. The number of ether oxygens (including phenoxy) is 2. The summed E-state index contributed by atoms with van der Waals surface area (Å²) in [5.41, 5.74) is 8.39. The van der Waals surface area contributed by atoms with E-state index < -0.39 is 11.6 Å². The van der Waals surface area contributed by atoms with Crippen LogP contribution in [-0.4, -0.2) is 16.2 Å². The molecule has 3 aromatic rings. The number of phenolic OH excluding ortho intramolecular Hbond substituents is 2. The standard InChI is InChI=1S/C22H17NO5/c1-10-17(24)7-5-15-19(10)27-20-11(2)18(25)8-6-16(20)22(15)14-4-3-12(23)9-13(14)21(26)28-22/h3-9,24-25H,23H2,1-2H3. The van der Waals surface area contributed by atoms with Gasteiger partial charge in [-0.1, -0.05) is 6.07 Å². The number of anilines is 1. The molecule has 28 heavy (non-hydrogen) atoms. The van der Waals surface area contributed by atoms with Gasteiger partial charge in [0.05, 0.1) is 5.56 Å². The maximum Gasteiger partial charge on any atom is 0.340 e. The van der Waals surface area contributed by atoms with Crippen LogP contribution in [0.4, 0.5) is 5.69 Å². The number of nitrogens with two attached hydrogens (primary N) is 1. The van der Waals surface area contributed by atoms with Crippen molar-refractivity contribution in [3.8, 4) is 23.0 Å². The molecule has 0 fully saturated rings. The zero-order valence-electron chi connectivity index (χ0n) is 15.2. The number of esters is 1. The number of fused-ring (bicyclic) bond motifs is 6. The molecule has 0 unspecified atom stereocenters. The van der Waals surface area contributed by atoms with Gasteiger partial charge in [-0.2, -0.15) is 0 Å². The van der Waals surface area contributed by atoms with Gasteiger partial charge in [-0.25, -0.2) is 4.79 Å². The van der Waals surface area contributed by atoms with Crippen molar-refractivity contribution >= 4 is 11.7 Å². The molecule has 0 aromatic heterocycles. The van der Waals surface area contributed by atoms with Crippen LogP contribution in [0, 0.1) is 13.8 Å². The Labute approximate surface area is 160 Å². The Kier molecular flexibility index (Phi) is 3.06. The molecular weight excluding hydrogens is 358 g/mol. The van der Waals surface area contributed by atoms with Gasteiger partial charge >= 0.3 is 5.97 Å². The molecule has 0 saturated heterocycles. The van der Waals surface area contributed by atoms with Crippen molar-refractivity contribution in [2.45, 2.75) is 19.4 Å². The van der Waals surface area contributed by atoms with Gasteiger partial charge in [0.25, 0.3) is 0 Å². The van der Waals surface area contributed by atoms with Crippen LogP contribution in [0.5, 0.6) is 23.0 Å². The van der Waals surface area contributed by atoms with E-state index in [9.17, 15) is 15.0 Å². The third-order valence-electron chi connectivity index (χ3n) is 5.61. The summed E-state index contributed by atoms with van der Waals surface area (Å²) in [5, 5.41) is 20.4. The summed E-state index contributed by atoms with van der Waals surface area (Å²) >= 11 is 0. The minimum absolute atomic E-state index is 0.0667. The van der Waals surface area contributed by atoms with Gasteiger partial charge in [0.2, 0.25) is 0 Å². The largest absolute Gasteiger partial charge is 0.508 e. The van der Waals surface area contributed by atoms with E-state index in [4.69, 9.17) is 15.2 Å². The second kappa shape index (κ2) is 5.19. The number of benzene rings is 3. The Morgan fingerprint density at radius 3 is 1.96 bits per heavy atom. The monoisotopic (exact) mass is 375 g/mol. The minimum atomic E-state index is -1.25. The van der Waals surface area contributed by atoms with Crippen molar-refractivity contribution in [3.05, 3.63) is 75.8 Å². The van der Waals surface area contributed by atoms with Crippen LogP contribution < -0.4 is 10.5 Å². The first-order chi connectivity index (χ1) is 13.3. The average molecular weight is 375 g/mol. The van der Waals surface area contributed by atoms with Crippen LogP contribution >= 0.6 is 0 Å². The average Bonchev–Trinajstić information content (AvgIpc) is 2.95. The Morgan fingerprint density at radius 2 is 1.39 bits per heavy atom. The second-order valence-electron chi connectivity index (χ2n) is 7.15. The maximum absolute atomic E-state index is 12.8. The minimum Gasteiger partial charge on any atom is -0.508 e. The number of hydrogen-bond acceptors (Lipinski definition) is 6. The predicted octanol–water partition coefficient (Wildman–Crippen LogP) is 3.86. The van der Waals surface area contributed by atoms with Crippen LogP contribution in [0.2, 0.25) is 0 Å². The van der Waals surface area contributed by atoms with Crippen LogP contribution in [0.25, 0.3) is 0 Å². The lowest BCUT2D eigenvalue weighted by Crippen LogP contribution is -2.33. The second-order valence-corrected chi connectivity index (χ2v) is 7.15. The van der Waals surface area contributed by atoms with E-state index in [1.807, 2.05) is 0 Å². The fourth-order valence-corrected chi connectivity index (χ4v) is 4.11. The molecule has 6 heteroatoms. The molecule has 2 aliphatic rings. The van der Waals surface area contributed by atoms with Gasteiger partial charge in [0, 0.05) is 33.5 Å². The van der Waals surface area contributed by atoms with Crippen molar-refractivity contribution < 1.29 is 24.5 Å². The summed E-state index contributed by atoms with van der Waals surface area (Å²) in [6, 6.07) is 11.6. The van der Waals surface area contributed by atoms with Gasteiger partial charge in [0.1, 0.15) is 23.0 Å². The van der Waals surface area contributed by atoms with Crippen LogP contribution in [0.3, 0.4) is 0 Å². The first-order valence-corrected chi connectivity index (χ1v) is 8.82. The van der Waals surface area contributed by atoms with E-state index in [2.05, 4.69) is 0 Å². The highest BCUT2D eigenvalue weighted by Crippen LogP contribution is 2.58. The lowest BCUT2D eigenvalue weighted by molar-refractivity contribution is 0.0223. The lowest BCUT2D eigenvalue weighted by atomic mass is 9.76. The number of phenols is 2. The molecule has 4 N–H and O–H groups in total. The van der Waals surface area contributed by atoms with E-state index in [0.717, 1.165) is 0 Å². The zero-order valence-corrected chi connectivity index (χ0v) is 15.2. The molecule has 0 atom stereocenters. The number of carbonyl (C=O) groups excluding carboxylic acids is 1. The number of hydrogen-bond donors (Lipinski definition) is 3. The Hall–Kier alpha value is -3.67. The Morgan fingerprint density at radius 1 is 0.857 bits per heavy atom. The summed E-state index contributed by atoms with van der Waals surface area (Å²) in [4.78, 5) is 12.8. The summed E-state index contributed by atoms with van der Waals surface area (Å²) in [6.45, 7) is 3.46. The Balaban J connectivity index is 1.95. The van der Waals surface area contributed by atoms with Crippen molar-refractivity contribution in [2.24, 2.45) is 0 Å². The number of rotatable bonds is 0. The van der Waals surface area contributed by atoms with Crippen LogP contribution in [-0.2, 0) is 10.3 Å². The molecule has 6 nitrogen and oxygen atoms in total. The summed E-state index contributed by atoms with van der Waals surface area (Å²) in [6.07, 6.45) is 0. The van der Waals surface area contributed by atoms with Crippen molar-refractivity contribution in [1.82, 2.24) is 0 Å². The smallest absolute Gasteiger partial charge is 0.340 e. The number of carbonyl (C=O) groups is 1. The quantitative estimate of drug-likeness (QED) is 0.407. The molecule has 0 saturated carbocycles. The van der Waals surface area contributed by atoms with E-state index in [-0.39, 0.29) is 11.5 Å². The first kappa shape index (κ1) is 16.5. The third-order valence-corrected chi connectivity index (χ3v) is 5.61. The maximum atomic E-state index is 12.8. The van der Waals surface area contributed by atoms with Gasteiger partial charge < -0.3 is 25.4 Å². The normalized spacial score (nSPS) is 15.4. The molecule has 3 aromatic carbocycles. The fourth-order valence-electron chi connectivity index (χ4n) is 4.11. The van der Waals surface area contributed by atoms with Gasteiger partial charge in [-0.3, -0.25) is 0 Å². The number of aromatic hydroxyl groups is 2.